The van der Waals surface area contributed by atoms with Crippen molar-refractivity contribution in [3.05, 3.63) is 28.8 Å². The number of nitrogens with two attached hydrogens (primary N) is 1. The van der Waals surface area contributed by atoms with Crippen molar-refractivity contribution in [1.82, 2.24) is 0 Å². The first kappa shape index (κ1) is 12.3. The topological polar surface area (TPSA) is 38.5 Å². The summed E-state index contributed by atoms with van der Waals surface area (Å²) < 4.78 is 5.85. The van der Waals surface area contributed by atoms with Gasteiger partial charge in [0.05, 0.1) is 22.9 Å². The summed E-state index contributed by atoms with van der Waals surface area (Å²) in [5, 5.41) is 0.797. The van der Waals surface area contributed by atoms with Crippen LogP contribution in [-0.4, -0.2) is 25.3 Å². The fraction of sp³-hybridized carbons (Fsp3) is 0.571. The maximum atomic E-state index is 6.38. The zero-order valence-electron chi connectivity index (χ0n) is 10.6. The molecule has 1 aromatic carbocycles. The predicted molar refractivity (Wildman–Crippen MR) is 74.2 cm³/mol. The summed E-state index contributed by atoms with van der Waals surface area (Å²) in [7, 11) is 0. The number of benzene rings is 1. The molecule has 2 heterocycles. The van der Waals surface area contributed by atoms with Gasteiger partial charge in [-0.3, -0.25) is 0 Å². The number of fused-ring (bicyclic) bond motifs is 2. The van der Waals surface area contributed by atoms with Gasteiger partial charge >= 0.3 is 0 Å². The lowest BCUT2D eigenvalue weighted by atomic mass is 10.1. The van der Waals surface area contributed by atoms with Gasteiger partial charge in [-0.1, -0.05) is 17.7 Å². The van der Waals surface area contributed by atoms with Crippen molar-refractivity contribution in [3.8, 4) is 0 Å². The Bertz CT molecular complexity index is 437. The van der Waals surface area contributed by atoms with E-state index < -0.39 is 0 Å². The Morgan fingerprint density at radius 3 is 2.56 bits per heavy atom. The van der Waals surface area contributed by atoms with Gasteiger partial charge in [0.25, 0.3) is 0 Å². The number of hydrogen-bond acceptors (Lipinski definition) is 3. The number of morpholine rings is 1. The molecule has 0 saturated carbocycles. The highest BCUT2D eigenvalue weighted by molar-refractivity contribution is 6.33. The van der Waals surface area contributed by atoms with E-state index in [0.29, 0.717) is 12.2 Å². The smallest absolute Gasteiger partial charge is 0.0755 e. The van der Waals surface area contributed by atoms with Gasteiger partial charge in [-0.05, 0) is 37.5 Å². The van der Waals surface area contributed by atoms with Crippen LogP contribution in [0.15, 0.2) is 18.2 Å². The van der Waals surface area contributed by atoms with Crippen molar-refractivity contribution in [2.24, 2.45) is 5.73 Å². The molecular weight excluding hydrogens is 248 g/mol. The molecule has 3 nitrogen and oxygen atoms in total. The summed E-state index contributed by atoms with van der Waals surface area (Å²) in [6, 6.07) is 6.17. The number of nitrogens with zero attached hydrogens (tertiary/aromatic N) is 1. The first-order valence-electron chi connectivity index (χ1n) is 6.59. The highest BCUT2D eigenvalue weighted by atomic mass is 35.5. The molecule has 98 valence electrons. The highest BCUT2D eigenvalue weighted by Crippen LogP contribution is 2.34. The second-order valence-corrected chi connectivity index (χ2v) is 5.77. The minimum Gasteiger partial charge on any atom is -0.371 e. The van der Waals surface area contributed by atoms with Crippen molar-refractivity contribution >= 4 is 17.3 Å². The van der Waals surface area contributed by atoms with E-state index in [4.69, 9.17) is 22.1 Å². The van der Waals surface area contributed by atoms with Gasteiger partial charge in [0.15, 0.2) is 0 Å². The van der Waals surface area contributed by atoms with E-state index in [-0.39, 0.29) is 6.04 Å². The summed E-state index contributed by atoms with van der Waals surface area (Å²) in [5.74, 6) is 0. The van der Waals surface area contributed by atoms with Crippen LogP contribution in [0.3, 0.4) is 0 Å². The first-order valence-corrected chi connectivity index (χ1v) is 6.96. The molecule has 2 aliphatic heterocycles. The molecule has 0 spiro atoms. The molecule has 2 N–H and O–H groups in total. The number of halogens is 1. The van der Waals surface area contributed by atoms with Crippen LogP contribution in [0.2, 0.25) is 5.02 Å². The van der Waals surface area contributed by atoms with Gasteiger partial charge in [-0.15, -0.1) is 0 Å². The van der Waals surface area contributed by atoms with Crippen LogP contribution in [0.25, 0.3) is 0 Å². The Morgan fingerprint density at radius 2 is 2.00 bits per heavy atom. The standard InChI is InChI=1S/C14H19ClN2O/c1-9(16)10-2-5-14(13(15)6-10)17-7-11-3-4-12(8-17)18-11/h2,5-6,9,11-12H,3-4,7-8,16H2,1H3/t9-,11?,12?/m0/s1. The van der Waals surface area contributed by atoms with Crippen molar-refractivity contribution in [2.45, 2.75) is 38.0 Å². The maximum Gasteiger partial charge on any atom is 0.0755 e. The van der Waals surface area contributed by atoms with Crippen LogP contribution < -0.4 is 10.6 Å². The number of hydrogen-bond donors (Lipinski definition) is 1. The van der Waals surface area contributed by atoms with E-state index in [2.05, 4.69) is 17.0 Å². The van der Waals surface area contributed by atoms with Crippen LogP contribution in [0.5, 0.6) is 0 Å². The molecule has 1 aromatic rings. The van der Waals surface area contributed by atoms with E-state index in [1.54, 1.807) is 0 Å². The molecule has 4 heteroatoms. The molecule has 2 bridgehead atoms. The molecule has 2 unspecified atom stereocenters. The normalized spacial score (nSPS) is 28.5. The fourth-order valence-electron chi connectivity index (χ4n) is 2.87. The van der Waals surface area contributed by atoms with E-state index in [1.165, 1.54) is 12.8 Å². The monoisotopic (exact) mass is 266 g/mol. The molecule has 18 heavy (non-hydrogen) atoms. The number of rotatable bonds is 2. The van der Waals surface area contributed by atoms with Crippen molar-refractivity contribution in [1.29, 1.82) is 0 Å². The molecule has 2 saturated heterocycles. The molecular formula is C14H19ClN2O. The lowest BCUT2D eigenvalue weighted by Crippen LogP contribution is -2.42. The largest absolute Gasteiger partial charge is 0.371 e. The van der Waals surface area contributed by atoms with E-state index in [9.17, 15) is 0 Å². The highest BCUT2D eigenvalue weighted by Gasteiger charge is 2.34. The van der Waals surface area contributed by atoms with E-state index in [1.807, 2.05) is 13.0 Å². The van der Waals surface area contributed by atoms with Gasteiger partial charge in [0, 0.05) is 19.1 Å². The zero-order valence-corrected chi connectivity index (χ0v) is 11.4. The number of ether oxygens (including phenoxy) is 1. The predicted octanol–water partition coefficient (Wildman–Crippen LogP) is 2.73. The third-order valence-electron chi connectivity index (χ3n) is 3.88. The van der Waals surface area contributed by atoms with Crippen molar-refractivity contribution < 1.29 is 4.74 Å². The molecule has 0 aliphatic carbocycles. The van der Waals surface area contributed by atoms with Crippen molar-refractivity contribution in [3.63, 3.8) is 0 Å². The van der Waals surface area contributed by atoms with Crippen LogP contribution >= 0.6 is 11.6 Å². The van der Waals surface area contributed by atoms with Crippen LogP contribution in [-0.2, 0) is 4.74 Å². The van der Waals surface area contributed by atoms with Crippen LogP contribution in [0.4, 0.5) is 5.69 Å². The lowest BCUT2D eigenvalue weighted by Gasteiger charge is -2.34. The van der Waals surface area contributed by atoms with Gasteiger partial charge in [-0.25, -0.2) is 0 Å². The second-order valence-electron chi connectivity index (χ2n) is 5.36. The quantitative estimate of drug-likeness (QED) is 0.895. The van der Waals surface area contributed by atoms with Crippen molar-refractivity contribution in [2.75, 3.05) is 18.0 Å². The molecule has 0 amide bonds. The Morgan fingerprint density at radius 1 is 1.33 bits per heavy atom. The molecule has 0 aromatic heterocycles. The van der Waals surface area contributed by atoms with Gasteiger partial charge < -0.3 is 15.4 Å². The van der Waals surface area contributed by atoms with E-state index >= 15 is 0 Å². The van der Waals surface area contributed by atoms with Gasteiger partial charge in [-0.2, -0.15) is 0 Å². The molecule has 2 fully saturated rings. The number of anilines is 1. The summed E-state index contributed by atoms with van der Waals surface area (Å²) in [6.07, 6.45) is 3.12. The zero-order chi connectivity index (χ0) is 12.7. The molecule has 3 atom stereocenters. The third-order valence-corrected chi connectivity index (χ3v) is 4.18. The minimum atomic E-state index is 0.0254. The van der Waals surface area contributed by atoms with E-state index in [0.717, 1.165) is 29.4 Å². The average molecular weight is 267 g/mol. The molecule has 2 aliphatic rings. The van der Waals surface area contributed by atoms with Crippen LogP contribution in [0, 0.1) is 0 Å². The SMILES string of the molecule is C[C@H](N)c1ccc(N2CC3CCC(C2)O3)c(Cl)c1. The Balaban J connectivity index is 1.84. The molecule has 3 rings (SSSR count). The average Bonchev–Trinajstić information content (AvgIpc) is 2.68. The fourth-order valence-corrected chi connectivity index (χ4v) is 3.18. The lowest BCUT2D eigenvalue weighted by molar-refractivity contribution is 0.0305. The summed E-state index contributed by atoms with van der Waals surface area (Å²) in [4.78, 5) is 2.35. The Hall–Kier alpha value is -0.770. The minimum absolute atomic E-state index is 0.0254. The summed E-state index contributed by atoms with van der Waals surface area (Å²) in [5.41, 5.74) is 8.07. The Kier molecular flexibility index (Phi) is 3.22. The summed E-state index contributed by atoms with van der Waals surface area (Å²) >= 11 is 6.38. The van der Waals surface area contributed by atoms with Gasteiger partial charge in [0.2, 0.25) is 0 Å². The second kappa shape index (κ2) is 4.72. The molecule has 0 radical (unpaired) electrons. The maximum absolute atomic E-state index is 6.38. The van der Waals surface area contributed by atoms with Gasteiger partial charge in [0.1, 0.15) is 0 Å². The third kappa shape index (κ3) is 2.22. The van der Waals surface area contributed by atoms with Crippen LogP contribution in [0.1, 0.15) is 31.4 Å². The summed E-state index contributed by atoms with van der Waals surface area (Å²) in [6.45, 7) is 3.88. The Labute approximate surface area is 113 Å². The first-order chi connectivity index (χ1) is 8.63.